The van der Waals surface area contributed by atoms with Crippen LogP contribution in [0.5, 0.6) is 0 Å². The summed E-state index contributed by atoms with van der Waals surface area (Å²) in [5.41, 5.74) is -1.31. The molecule has 2 unspecified atom stereocenters. The first kappa shape index (κ1) is 47.6. The van der Waals surface area contributed by atoms with Crippen molar-refractivity contribution in [2.75, 3.05) is 47.1 Å². The second-order valence-electron chi connectivity index (χ2n) is 13.0. The van der Waals surface area contributed by atoms with Gasteiger partial charge in [0.2, 0.25) is 5.91 Å². The van der Waals surface area contributed by atoms with Gasteiger partial charge in [0.1, 0.15) is 37.2 Å². The molecule has 0 radical (unpaired) electrons. The van der Waals surface area contributed by atoms with Gasteiger partial charge in [0.15, 0.2) is 18.5 Å². The number of hydrogen-bond acceptors (Lipinski definition) is 17. The quantitative estimate of drug-likeness (QED) is 0.0450. The van der Waals surface area contributed by atoms with Gasteiger partial charge in [-0.1, -0.05) is 0 Å². The Morgan fingerprint density at radius 2 is 1.54 bits per heavy atom. The first-order valence-electron chi connectivity index (χ1n) is 18.0. The lowest BCUT2D eigenvalue weighted by Crippen LogP contribution is -2.66. The summed E-state index contributed by atoms with van der Waals surface area (Å²) in [6, 6.07) is -0.393. The third-order valence-electron chi connectivity index (χ3n) is 8.62. The Morgan fingerprint density at radius 1 is 0.895 bits per heavy atom. The molecule has 0 aliphatic carbocycles. The number of carbonyl (C=O) groups is 5. The molecular weight excluding hydrogens is 801 g/mol. The summed E-state index contributed by atoms with van der Waals surface area (Å²) < 4.78 is 51.2. The number of methoxy groups -OCH3 is 1. The lowest BCUT2D eigenvalue weighted by Gasteiger charge is -2.44. The molecule has 2 aliphatic heterocycles. The number of nitrogens with zero attached hydrogens (tertiary/aromatic N) is 1. The van der Waals surface area contributed by atoms with Gasteiger partial charge in [0, 0.05) is 79.8 Å². The van der Waals surface area contributed by atoms with E-state index in [1.165, 1.54) is 44.9 Å². The van der Waals surface area contributed by atoms with Crippen molar-refractivity contribution >= 4 is 48.4 Å². The summed E-state index contributed by atoms with van der Waals surface area (Å²) in [5, 5.41) is 8.12. The van der Waals surface area contributed by atoms with Crippen LogP contribution in [0.25, 0.3) is 0 Å². The lowest BCUT2D eigenvalue weighted by atomic mass is 9.94. The molecule has 322 valence electrons. The van der Waals surface area contributed by atoms with Crippen LogP contribution in [0.3, 0.4) is 0 Å². The van der Waals surface area contributed by atoms with Crippen molar-refractivity contribution < 1.29 is 71.1 Å². The van der Waals surface area contributed by atoms with E-state index in [4.69, 9.17) is 54.0 Å². The average molecular weight is 854 g/mol. The van der Waals surface area contributed by atoms with Crippen molar-refractivity contribution in [3.05, 3.63) is 33.1 Å². The van der Waals surface area contributed by atoms with E-state index >= 15 is 0 Å². The highest BCUT2D eigenvalue weighted by atomic mass is 32.5. The normalized spacial score (nSPS) is 26.8. The summed E-state index contributed by atoms with van der Waals surface area (Å²) in [4.78, 5) is 97.3. The van der Waals surface area contributed by atoms with Crippen LogP contribution in [-0.4, -0.2) is 134 Å². The number of aromatic amines is 1. The van der Waals surface area contributed by atoms with Crippen LogP contribution in [0.1, 0.15) is 59.6 Å². The van der Waals surface area contributed by atoms with Crippen molar-refractivity contribution in [2.24, 2.45) is 5.92 Å². The maximum absolute atomic E-state index is 12.7. The van der Waals surface area contributed by atoms with Crippen LogP contribution < -0.4 is 27.2 Å². The Morgan fingerprint density at radius 3 is 2.14 bits per heavy atom. The topological polar surface area (TPSA) is 280 Å². The van der Waals surface area contributed by atoms with E-state index in [9.17, 15) is 38.5 Å². The summed E-state index contributed by atoms with van der Waals surface area (Å²) in [6.07, 6.45) is -4.52. The maximum atomic E-state index is 12.7. The van der Waals surface area contributed by atoms with E-state index in [0.29, 0.717) is 25.7 Å². The fraction of sp³-hybridized carbons (Fsp3) is 0.727. The minimum atomic E-state index is -3.69. The van der Waals surface area contributed by atoms with Crippen molar-refractivity contribution in [1.29, 1.82) is 0 Å². The summed E-state index contributed by atoms with van der Waals surface area (Å²) in [6.45, 7) is 1.19. The molecule has 22 nitrogen and oxygen atoms in total. The fourth-order valence-electron chi connectivity index (χ4n) is 6.31. The van der Waals surface area contributed by atoms with Gasteiger partial charge < -0.3 is 63.0 Å². The molecular formula is C33H52N5O17PS. The number of unbranched alkanes of at least 4 members (excludes halogenated alkanes) is 1. The number of amides is 3. The van der Waals surface area contributed by atoms with Gasteiger partial charge in [-0.3, -0.25) is 33.5 Å². The minimum absolute atomic E-state index is 0.0338. The standard InChI is InChI=1S/C33H52N5O17PS/c1-18(39)36-26-29(52-21(4)42)28(51-20(3)41)24(17-50-19(2)40)54-31(26)49-15-8-7-12-34-32(44)35-13-9-10-22-27(55-56(46,57)48-6)23(16-47-5)53-30(22)38-14-11-25(43)37-33(38)45/h11,14,22-24,26-31H,7-10,12-13,15-17H2,1-6H3,(H,36,39)(H,46,57)(H2,34,35,44)(H,37,43,45)/t22-,23+,24+,26+,27?,28-,29+,30+,31+,56?/m0/s1. The van der Waals surface area contributed by atoms with E-state index < -0.39 is 103 Å². The molecule has 3 amide bonds. The van der Waals surface area contributed by atoms with Crippen molar-refractivity contribution in [2.45, 2.75) is 102 Å². The molecule has 0 aromatic carbocycles. The highest BCUT2D eigenvalue weighted by Crippen LogP contribution is 2.50. The Labute approximate surface area is 333 Å². The number of urea groups is 1. The zero-order valence-electron chi connectivity index (χ0n) is 32.5. The molecule has 5 N–H and O–H groups in total. The van der Waals surface area contributed by atoms with Gasteiger partial charge in [-0.25, -0.2) is 9.59 Å². The second kappa shape index (κ2) is 23.0. The molecule has 2 saturated heterocycles. The molecule has 0 bridgehead atoms. The highest BCUT2D eigenvalue weighted by molar-refractivity contribution is 8.07. The van der Waals surface area contributed by atoms with E-state index in [0.717, 1.165) is 13.8 Å². The van der Waals surface area contributed by atoms with Crippen LogP contribution in [-0.2, 0) is 73.2 Å². The summed E-state index contributed by atoms with van der Waals surface area (Å²) >= 11 is 5.09. The van der Waals surface area contributed by atoms with Crippen molar-refractivity contribution in [1.82, 2.24) is 25.5 Å². The van der Waals surface area contributed by atoms with E-state index in [1.54, 1.807) is 0 Å². The molecule has 0 spiro atoms. The maximum Gasteiger partial charge on any atom is 0.330 e. The predicted molar refractivity (Wildman–Crippen MR) is 199 cm³/mol. The molecule has 24 heteroatoms. The number of aromatic nitrogens is 2. The van der Waals surface area contributed by atoms with Crippen LogP contribution in [0.2, 0.25) is 0 Å². The Bertz CT molecular complexity index is 1700. The number of carbonyl (C=O) groups excluding carboxylic acids is 5. The number of hydrogen-bond donors (Lipinski definition) is 5. The monoisotopic (exact) mass is 853 g/mol. The molecule has 2 fully saturated rings. The molecule has 3 heterocycles. The lowest BCUT2D eigenvalue weighted by molar-refractivity contribution is -0.277. The zero-order valence-corrected chi connectivity index (χ0v) is 34.2. The number of nitrogens with one attached hydrogen (secondary N) is 4. The van der Waals surface area contributed by atoms with E-state index in [1.807, 2.05) is 0 Å². The molecule has 2 aliphatic rings. The fourth-order valence-corrected chi connectivity index (χ4v) is 7.29. The number of rotatable bonds is 21. The smallest absolute Gasteiger partial charge is 0.330 e. The van der Waals surface area contributed by atoms with Gasteiger partial charge >= 0.3 is 36.3 Å². The second-order valence-corrected chi connectivity index (χ2v) is 15.9. The molecule has 1 aromatic heterocycles. The average Bonchev–Trinajstić information content (AvgIpc) is 3.44. The summed E-state index contributed by atoms with van der Waals surface area (Å²) in [5.74, 6) is -3.19. The minimum Gasteiger partial charge on any atom is -0.463 e. The van der Waals surface area contributed by atoms with Gasteiger partial charge in [0.05, 0.1) is 6.61 Å². The molecule has 3 rings (SSSR count). The van der Waals surface area contributed by atoms with Crippen molar-refractivity contribution in [3.63, 3.8) is 0 Å². The number of esters is 3. The van der Waals surface area contributed by atoms with Gasteiger partial charge in [-0.05, 0) is 37.5 Å². The number of ether oxygens (including phenoxy) is 7. The van der Waals surface area contributed by atoms with E-state index in [2.05, 4.69) is 20.9 Å². The first-order valence-corrected chi connectivity index (χ1v) is 20.6. The largest absolute Gasteiger partial charge is 0.463 e. The van der Waals surface area contributed by atoms with Crippen LogP contribution in [0.15, 0.2) is 21.9 Å². The van der Waals surface area contributed by atoms with Crippen LogP contribution in [0, 0.1) is 5.92 Å². The number of H-pyrrole nitrogens is 1. The van der Waals surface area contributed by atoms with E-state index in [-0.39, 0.29) is 32.9 Å². The zero-order chi connectivity index (χ0) is 42.3. The van der Waals surface area contributed by atoms with Gasteiger partial charge in [0.25, 0.3) is 5.56 Å². The highest BCUT2D eigenvalue weighted by Gasteiger charge is 2.51. The first-order chi connectivity index (χ1) is 27.0. The molecule has 57 heavy (non-hydrogen) atoms. The van der Waals surface area contributed by atoms with Crippen LogP contribution in [0.4, 0.5) is 4.79 Å². The SMILES string of the molecule is COC[C@H]1O[C@@H](n2ccc(=O)[nH]c2=O)[C@@H](CCCNC(=O)NCCCCO[C@@H]2O[C@H](COC(C)=O)[C@H](OC(C)=O)[C@H](OC(C)=O)[C@H]2NC(C)=O)C1OP(O)(=S)OC. The molecule has 10 atom stereocenters. The Kier molecular flexibility index (Phi) is 19.2. The predicted octanol–water partition coefficient (Wildman–Crippen LogP) is -0.523. The molecule has 0 saturated carbocycles. The Hall–Kier alpha value is -3.80. The Balaban J connectivity index is 1.55. The summed E-state index contributed by atoms with van der Waals surface area (Å²) in [7, 11) is 2.65. The van der Waals surface area contributed by atoms with Crippen molar-refractivity contribution in [3.8, 4) is 0 Å². The van der Waals surface area contributed by atoms with Crippen LogP contribution >= 0.6 is 6.72 Å². The third kappa shape index (κ3) is 15.1. The molecule has 1 aromatic rings. The third-order valence-corrected chi connectivity index (χ3v) is 10.3. The van der Waals surface area contributed by atoms with Gasteiger partial charge in [-0.15, -0.1) is 0 Å². The van der Waals surface area contributed by atoms with Gasteiger partial charge in [-0.2, -0.15) is 0 Å².